The lowest BCUT2D eigenvalue weighted by atomic mass is 9.86. The van der Waals surface area contributed by atoms with Gasteiger partial charge in [-0.2, -0.15) is 0 Å². The topological polar surface area (TPSA) is 42.7 Å². The molecule has 124 valence electrons. The summed E-state index contributed by atoms with van der Waals surface area (Å²) in [6.45, 7) is 0. The minimum absolute atomic E-state index is 0.151. The summed E-state index contributed by atoms with van der Waals surface area (Å²) in [5, 5.41) is 12.7. The molecular weight excluding hydrogens is 308 g/mol. The number of fused-ring (bicyclic) bond motifs is 1. The SMILES string of the molecule is c1ccc(-c2nnn3c2NC2=C(CCCC2)C3c2ccccc2)cc1. The average Bonchev–Trinajstić information content (AvgIpc) is 3.11. The molecule has 1 aliphatic carbocycles. The van der Waals surface area contributed by atoms with Crippen LogP contribution in [-0.2, 0) is 0 Å². The van der Waals surface area contributed by atoms with Gasteiger partial charge in [-0.3, -0.25) is 0 Å². The van der Waals surface area contributed by atoms with Crippen molar-refractivity contribution < 1.29 is 0 Å². The van der Waals surface area contributed by atoms with Gasteiger partial charge in [-0.25, -0.2) is 4.68 Å². The van der Waals surface area contributed by atoms with E-state index in [9.17, 15) is 0 Å². The minimum atomic E-state index is 0.151. The summed E-state index contributed by atoms with van der Waals surface area (Å²) in [5.74, 6) is 1.01. The van der Waals surface area contributed by atoms with Gasteiger partial charge in [-0.15, -0.1) is 5.10 Å². The van der Waals surface area contributed by atoms with E-state index in [0.717, 1.165) is 29.9 Å². The fourth-order valence-corrected chi connectivity index (χ4v) is 4.02. The molecule has 1 aliphatic heterocycles. The van der Waals surface area contributed by atoms with Crippen LogP contribution < -0.4 is 5.32 Å². The predicted octanol–water partition coefficient (Wildman–Crippen LogP) is 4.79. The van der Waals surface area contributed by atoms with E-state index in [0.29, 0.717) is 0 Å². The van der Waals surface area contributed by atoms with Crippen molar-refractivity contribution in [1.82, 2.24) is 15.0 Å². The van der Waals surface area contributed by atoms with Crippen LogP contribution in [0.3, 0.4) is 0 Å². The molecule has 3 aromatic rings. The molecule has 0 bridgehead atoms. The third-order valence-corrected chi connectivity index (χ3v) is 5.21. The molecule has 0 amide bonds. The van der Waals surface area contributed by atoms with Crippen LogP contribution in [0.2, 0.25) is 0 Å². The molecular formula is C21H20N4. The van der Waals surface area contributed by atoms with Gasteiger partial charge in [-0.1, -0.05) is 65.9 Å². The first-order valence-corrected chi connectivity index (χ1v) is 8.96. The number of benzene rings is 2. The lowest BCUT2D eigenvalue weighted by Crippen LogP contribution is -2.27. The van der Waals surface area contributed by atoms with Gasteiger partial charge in [0, 0.05) is 11.3 Å². The summed E-state index contributed by atoms with van der Waals surface area (Å²) in [6.07, 6.45) is 4.73. The number of hydrogen-bond donors (Lipinski definition) is 1. The Morgan fingerprint density at radius 2 is 1.60 bits per heavy atom. The Balaban J connectivity index is 1.69. The number of rotatable bonds is 2. The number of nitrogens with zero attached hydrogens (tertiary/aromatic N) is 3. The van der Waals surface area contributed by atoms with E-state index in [1.54, 1.807) is 0 Å². The number of nitrogens with one attached hydrogen (secondary N) is 1. The first-order chi connectivity index (χ1) is 12.4. The highest BCUT2D eigenvalue weighted by atomic mass is 15.5. The fraction of sp³-hybridized carbons (Fsp3) is 0.238. The van der Waals surface area contributed by atoms with Crippen molar-refractivity contribution in [2.24, 2.45) is 0 Å². The second-order valence-electron chi connectivity index (χ2n) is 6.75. The van der Waals surface area contributed by atoms with E-state index in [2.05, 4.69) is 62.8 Å². The molecule has 0 radical (unpaired) electrons. The lowest BCUT2D eigenvalue weighted by molar-refractivity contribution is 0.506. The molecule has 4 nitrogen and oxygen atoms in total. The number of aromatic nitrogens is 3. The Labute approximate surface area is 147 Å². The minimum Gasteiger partial charge on any atom is -0.342 e. The van der Waals surface area contributed by atoms with Crippen molar-refractivity contribution in [3.8, 4) is 11.3 Å². The number of anilines is 1. The Bertz CT molecular complexity index is 925. The van der Waals surface area contributed by atoms with E-state index >= 15 is 0 Å². The van der Waals surface area contributed by atoms with Crippen molar-refractivity contribution in [3.05, 3.63) is 77.5 Å². The molecule has 1 unspecified atom stereocenters. The van der Waals surface area contributed by atoms with Crippen LogP contribution in [-0.4, -0.2) is 15.0 Å². The van der Waals surface area contributed by atoms with E-state index < -0.39 is 0 Å². The number of hydrogen-bond acceptors (Lipinski definition) is 3. The van der Waals surface area contributed by atoms with E-state index in [4.69, 9.17) is 0 Å². The fourth-order valence-electron chi connectivity index (χ4n) is 4.02. The van der Waals surface area contributed by atoms with Crippen LogP contribution in [0.4, 0.5) is 5.82 Å². The van der Waals surface area contributed by atoms with Gasteiger partial charge in [0.1, 0.15) is 11.7 Å². The molecule has 5 rings (SSSR count). The summed E-state index contributed by atoms with van der Waals surface area (Å²) >= 11 is 0. The molecule has 2 aliphatic rings. The van der Waals surface area contributed by atoms with Crippen LogP contribution >= 0.6 is 0 Å². The van der Waals surface area contributed by atoms with Gasteiger partial charge in [0.05, 0.1) is 0 Å². The Morgan fingerprint density at radius 3 is 2.40 bits per heavy atom. The van der Waals surface area contributed by atoms with E-state index in [-0.39, 0.29) is 6.04 Å². The molecule has 0 saturated carbocycles. The zero-order chi connectivity index (χ0) is 16.6. The summed E-state index contributed by atoms with van der Waals surface area (Å²) in [6, 6.07) is 21.1. The van der Waals surface area contributed by atoms with Gasteiger partial charge in [0.2, 0.25) is 0 Å². The monoisotopic (exact) mass is 328 g/mol. The lowest BCUT2D eigenvalue weighted by Gasteiger charge is -2.33. The molecule has 0 spiro atoms. The normalized spacial score (nSPS) is 19.1. The van der Waals surface area contributed by atoms with Crippen molar-refractivity contribution in [3.63, 3.8) is 0 Å². The standard InChI is InChI=1S/C21H20N4/c1-3-9-15(10-4-1)19-21-22-18-14-8-7-13-17(18)20(25(21)24-23-19)16-11-5-2-6-12-16/h1-6,9-12,20,22H,7-8,13-14H2. The third-order valence-electron chi connectivity index (χ3n) is 5.21. The number of allylic oxidation sites excluding steroid dienone is 2. The van der Waals surface area contributed by atoms with Crippen molar-refractivity contribution in [2.75, 3.05) is 5.32 Å². The van der Waals surface area contributed by atoms with Crippen molar-refractivity contribution in [2.45, 2.75) is 31.7 Å². The van der Waals surface area contributed by atoms with Crippen molar-refractivity contribution in [1.29, 1.82) is 0 Å². The van der Waals surface area contributed by atoms with Gasteiger partial charge in [0.25, 0.3) is 0 Å². The predicted molar refractivity (Wildman–Crippen MR) is 99.2 cm³/mol. The smallest absolute Gasteiger partial charge is 0.158 e. The third kappa shape index (κ3) is 2.37. The first-order valence-electron chi connectivity index (χ1n) is 8.96. The zero-order valence-corrected chi connectivity index (χ0v) is 14.0. The molecule has 1 N–H and O–H groups in total. The summed E-state index contributed by atoms with van der Waals surface area (Å²) in [7, 11) is 0. The second-order valence-corrected chi connectivity index (χ2v) is 6.75. The summed E-state index contributed by atoms with van der Waals surface area (Å²) in [5.41, 5.74) is 6.15. The molecule has 2 heterocycles. The first kappa shape index (κ1) is 14.5. The highest BCUT2D eigenvalue weighted by Gasteiger charge is 2.33. The van der Waals surface area contributed by atoms with Gasteiger partial charge < -0.3 is 5.32 Å². The summed E-state index contributed by atoms with van der Waals surface area (Å²) < 4.78 is 2.07. The molecule has 0 saturated heterocycles. The molecule has 1 aromatic heterocycles. The highest BCUT2D eigenvalue weighted by molar-refractivity contribution is 5.74. The Kier molecular flexibility index (Phi) is 3.40. The average molecular weight is 328 g/mol. The maximum absolute atomic E-state index is 4.55. The quantitative estimate of drug-likeness (QED) is 0.735. The van der Waals surface area contributed by atoms with Gasteiger partial charge >= 0.3 is 0 Å². The molecule has 1 atom stereocenters. The van der Waals surface area contributed by atoms with Crippen LogP contribution in [0, 0.1) is 0 Å². The van der Waals surface area contributed by atoms with Crippen LogP contribution in [0.1, 0.15) is 37.3 Å². The molecule has 4 heteroatoms. The second kappa shape index (κ2) is 5.88. The largest absolute Gasteiger partial charge is 0.342 e. The van der Waals surface area contributed by atoms with E-state index in [1.807, 2.05) is 18.2 Å². The highest BCUT2D eigenvalue weighted by Crippen LogP contribution is 2.43. The molecule has 2 aromatic carbocycles. The van der Waals surface area contributed by atoms with Crippen molar-refractivity contribution >= 4 is 5.82 Å². The Morgan fingerprint density at radius 1 is 0.880 bits per heavy atom. The van der Waals surface area contributed by atoms with Gasteiger partial charge in [0.15, 0.2) is 5.82 Å². The van der Waals surface area contributed by atoms with Crippen LogP contribution in [0.15, 0.2) is 71.9 Å². The maximum Gasteiger partial charge on any atom is 0.158 e. The van der Waals surface area contributed by atoms with E-state index in [1.165, 1.54) is 29.7 Å². The Hall–Kier alpha value is -2.88. The van der Waals surface area contributed by atoms with Crippen LogP contribution in [0.25, 0.3) is 11.3 Å². The maximum atomic E-state index is 4.55. The molecule has 25 heavy (non-hydrogen) atoms. The summed E-state index contributed by atoms with van der Waals surface area (Å²) in [4.78, 5) is 0. The zero-order valence-electron chi connectivity index (χ0n) is 14.0. The van der Waals surface area contributed by atoms with Gasteiger partial charge in [-0.05, 0) is 36.8 Å². The molecule has 0 fully saturated rings. The van der Waals surface area contributed by atoms with Crippen LogP contribution in [0.5, 0.6) is 0 Å².